The first-order chi connectivity index (χ1) is 9.95. The topological polar surface area (TPSA) is 55.1 Å². The highest BCUT2D eigenvalue weighted by atomic mass is 16.1. The predicted octanol–water partition coefficient (Wildman–Crippen LogP) is 4.15. The summed E-state index contributed by atoms with van der Waals surface area (Å²) in [5, 5.41) is 3.06. The molecule has 21 heavy (non-hydrogen) atoms. The third kappa shape index (κ3) is 5.88. The summed E-state index contributed by atoms with van der Waals surface area (Å²) in [5.74, 6) is 1.61. The molecule has 3 N–H and O–H groups in total. The molecule has 1 rings (SSSR count). The van der Waals surface area contributed by atoms with Gasteiger partial charge in [0.2, 0.25) is 5.91 Å². The van der Waals surface area contributed by atoms with Gasteiger partial charge in [-0.15, -0.1) is 0 Å². The van der Waals surface area contributed by atoms with Crippen molar-refractivity contribution in [1.29, 1.82) is 0 Å². The summed E-state index contributed by atoms with van der Waals surface area (Å²) < 4.78 is 0. The van der Waals surface area contributed by atoms with Gasteiger partial charge in [-0.1, -0.05) is 45.9 Å². The van der Waals surface area contributed by atoms with Crippen LogP contribution in [0.15, 0.2) is 24.3 Å². The second-order valence-electron chi connectivity index (χ2n) is 6.41. The van der Waals surface area contributed by atoms with E-state index >= 15 is 0 Å². The van der Waals surface area contributed by atoms with Crippen LogP contribution in [0.1, 0.15) is 58.4 Å². The SMILES string of the molecule is CC(C)c1ccccc1NC(=O)CCC(CCN)C(C)C. The number of nitrogens with two attached hydrogens (primary N) is 1. The summed E-state index contributed by atoms with van der Waals surface area (Å²) in [7, 11) is 0. The van der Waals surface area contributed by atoms with Crippen LogP contribution in [-0.4, -0.2) is 12.5 Å². The van der Waals surface area contributed by atoms with Gasteiger partial charge in [0.1, 0.15) is 0 Å². The van der Waals surface area contributed by atoms with E-state index in [1.165, 1.54) is 5.56 Å². The molecule has 3 nitrogen and oxygen atoms in total. The van der Waals surface area contributed by atoms with Crippen molar-refractivity contribution in [3.8, 4) is 0 Å². The largest absolute Gasteiger partial charge is 0.330 e. The minimum absolute atomic E-state index is 0.103. The molecule has 3 heteroatoms. The van der Waals surface area contributed by atoms with Crippen molar-refractivity contribution in [2.75, 3.05) is 11.9 Å². The van der Waals surface area contributed by atoms with Crippen molar-refractivity contribution in [2.24, 2.45) is 17.6 Å². The minimum Gasteiger partial charge on any atom is -0.330 e. The first-order valence-corrected chi connectivity index (χ1v) is 8.04. The third-order valence-electron chi connectivity index (χ3n) is 4.08. The molecule has 0 saturated heterocycles. The Labute approximate surface area is 129 Å². The van der Waals surface area contributed by atoms with Gasteiger partial charge < -0.3 is 11.1 Å². The number of benzene rings is 1. The van der Waals surface area contributed by atoms with E-state index in [4.69, 9.17) is 5.73 Å². The maximum Gasteiger partial charge on any atom is 0.224 e. The van der Waals surface area contributed by atoms with Crippen LogP contribution < -0.4 is 11.1 Å². The summed E-state index contributed by atoms with van der Waals surface area (Å²) in [6, 6.07) is 8.03. The van der Waals surface area contributed by atoms with Gasteiger partial charge in [0, 0.05) is 12.1 Å². The molecule has 1 amide bonds. The second kappa shape index (κ2) is 8.83. The van der Waals surface area contributed by atoms with Gasteiger partial charge in [-0.05, 0) is 48.8 Å². The van der Waals surface area contributed by atoms with Crippen LogP contribution in [0.4, 0.5) is 5.69 Å². The lowest BCUT2D eigenvalue weighted by atomic mass is 9.88. The van der Waals surface area contributed by atoms with Gasteiger partial charge in [-0.3, -0.25) is 4.79 Å². The highest BCUT2D eigenvalue weighted by Crippen LogP contribution is 2.25. The average Bonchev–Trinajstić information content (AvgIpc) is 2.43. The van der Waals surface area contributed by atoms with E-state index in [-0.39, 0.29) is 5.91 Å². The quantitative estimate of drug-likeness (QED) is 0.755. The van der Waals surface area contributed by atoms with Crippen molar-refractivity contribution in [3.63, 3.8) is 0 Å². The molecule has 0 fully saturated rings. The Morgan fingerprint density at radius 2 is 1.81 bits per heavy atom. The second-order valence-corrected chi connectivity index (χ2v) is 6.41. The zero-order chi connectivity index (χ0) is 15.8. The zero-order valence-corrected chi connectivity index (χ0v) is 13.9. The van der Waals surface area contributed by atoms with E-state index < -0.39 is 0 Å². The maximum atomic E-state index is 12.2. The van der Waals surface area contributed by atoms with Gasteiger partial charge in [-0.25, -0.2) is 0 Å². The number of hydrogen-bond acceptors (Lipinski definition) is 2. The van der Waals surface area contributed by atoms with Crippen LogP contribution in [-0.2, 0) is 4.79 Å². The molecule has 1 aromatic carbocycles. The van der Waals surface area contributed by atoms with Gasteiger partial charge in [0.05, 0.1) is 0 Å². The smallest absolute Gasteiger partial charge is 0.224 e. The fourth-order valence-electron chi connectivity index (χ4n) is 2.67. The fourth-order valence-corrected chi connectivity index (χ4v) is 2.67. The Morgan fingerprint density at radius 3 is 2.38 bits per heavy atom. The standard InChI is InChI=1S/C18H30N2O/c1-13(2)15(11-12-19)9-10-18(21)20-17-8-6-5-7-16(17)14(3)4/h5-8,13-15H,9-12,19H2,1-4H3,(H,20,21). The normalized spacial score (nSPS) is 12.7. The van der Waals surface area contributed by atoms with E-state index in [0.29, 0.717) is 30.7 Å². The number of nitrogens with one attached hydrogen (secondary N) is 1. The summed E-state index contributed by atoms with van der Waals surface area (Å²) in [6.07, 6.45) is 2.47. The van der Waals surface area contributed by atoms with Crippen LogP contribution in [0.5, 0.6) is 0 Å². The molecule has 0 aliphatic heterocycles. The van der Waals surface area contributed by atoms with Crippen LogP contribution in [0.2, 0.25) is 0 Å². The van der Waals surface area contributed by atoms with Gasteiger partial charge >= 0.3 is 0 Å². The average molecular weight is 290 g/mol. The molecule has 0 heterocycles. The van der Waals surface area contributed by atoms with Crippen molar-refractivity contribution in [2.45, 2.75) is 52.9 Å². The predicted molar refractivity (Wildman–Crippen MR) is 90.4 cm³/mol. The molecular weight excluding hydrogens is 260 g/mol. The molecule has 0 bridgehead atoms. The molecule has 0 aromatic heterocycles. The minimum atomic E-state index is 0.103. The molecule has 0 aliphatic rings. The maximum absolute atomic E-state index is 12.2. The monoisotopic (exact) mass is 290 g/mol. The molecule has 1 atom stereocenters. The molecule has 1 unspecified atom stereocenters. The molecule has 0 saturated carbocycles. The molecule has 0 radical (unpaired) electrons. The Hall–Kier alpha value is -1.35. The van der Waals surface area contributed by atoms with E-state index in [9.17, 15) is 4.79 Å². The number of hydrogen-bond donors (Lipinski definition) is 2. The summed E-state index contributed by atoms with van der Waals surface area (Å²) in [4.78, 5) is 12.2. The Morgan fingerprint density at radius 1 is 1.14 bits per heavy atom. The Bertz CT molecular complexity index is 441. The van der Waals surface area contributed by atoms with Gasteiger partial charge in [0.25, 0.3) is 0 Å². The molecule has 0 aliphatic carbocycles. The molecule has 1 aromatic rings. The summed E-state index contributed by atoms with van der Waals surface area (Å²) in [5.41, 5.74) is 7.78. The molecule has 118 valence electrons. The molecular formula is C18H30N2O. The van der Waals surface area contributed by atoms with Crippen LogP contribution in [0, 0.1) is 11.8 Å². The van der Waals surface area contributed by atoms with Crippen LogP contribution >= 0.6 is 0 Å². The highest BCUT2D eigenvalue weighted by Gasteiger charge is 2.15. The van der Waals surface area contributed by atoms with Crippen molar-refractivity contribution in [3.05, 3.63) is 29.8 Å². The van der Waals surface area contributed by atoms with E-state index in [1.54, 1.807) is 0 Å². The molecule has 0 spiro atoms. The number of anilines is 1. The van der Waals surface area contributed by atoms with Crippen molar-refractivity contribution < 1.29 is 4.79 Å². The van der Waals surface area contributed by atoms with E-state index in [1.807, 2.05) is 18.2 Å². The number of rotatable bonds is 8. The first kappa shape index (κ1) is 17.7. The van der Waals surface area contributed by atoms with Crippen molar-refractivity contribution >= 4 is 11.6 Å². The Kier molecular flexibility index (Phi) is 7.44. The van der Waals surface area contributed by atoms with Crippen LogP contribution in [0.3, 0.4) is 0 Å². The van der Waals surface area contributed by atoms with E-state index in [2.05, 4.69) is 39.1 Å². The lowest BCUT2D eigenvalue weighted by molar-refractivity contribution is -0.116. The van der Waals surface area contributed by atoms with E-state index in [0.717, 1.165) is 18.5 Å². The summed E-state index contributed by atoms with van der Waals surface area (Å²) in [6.45, 7) is 9.38. The van der Waals surface area contributed by atoms with Gasteiger partial charge in [-0.2, -0.15) is 0 Å². The Balaban J connectivity index is 2.58. The first-order valence-electron chi connectivity index (χ1n) is 8.04. The van der Waals surface area contributed by atoms with Crippen LogP contribution in [0.25, 0.3) is 0 Å². The highest BCUT2D eigenvalue weighted by molar-refractivity contribution is 5.91. The third-order valence-corrected chi connectivity index (χ3v) is 4.08. The lowest BCUT2D eigenvalue weighted by Gasteiger charge is -2.20. The zero-order valence-electron chi connectivity index (χ0n) is 13.9. The lowest BCUT2D eigenvalue weighted by Crippen LogP contribution is -2.19. The number of carbonyl (C=O) groups excluding carboxylic acids is 1. The number of amides is 1. The van der Waals surface area contributed by atoms with Gasteiger partial charge in [0.15, 0.2) is 0 Å². The fraction of sp³-hybridized carbons (Fsp3) is 0.611. The number of para-hydroxylation sites is 1. The van der Waals surface area contributed by atoms with Crippen molar-refractivity contribution in [1.82, 2.24) is 0 Å². The summed E-state index contributed by atoms with van der Waals surface area (Å²) >= 11 is 0. The number of carbonyl (C=O) groups is 1.